The third-order valence-electron chi connectivity index (χ3n) is 3.34. The Morgan fingerprint density at radius 3 is 2.58 bits per heavy atom. The summed E-state index contributed by atoms with van der Waals surface area (Å²) in [6.07, 6.45) is -0.797. The summed E-state index contributed by atoms with van der Waals surface area (Å²) in [6, 6.07) is 8.96. The number of carbonyl (C=O) groups is 1. The second-order valence-electron chi connectivity index (χ2n) is 5.08. The van der Waals surface area contributed by atoms with Crippen molar-refractivity contribution in [3.8, 4) is 0 Å². The van der Waals surface area contributed by atoms with Crippen molar-refractivity contribution in [2.75, 3.05) is 5.32 Å². The van der Waals surface area contributed by atoms with Crippen LogP contribution in [0.1, 0.15) is 12.0 Å². The standard InChI is InChI=1S/C16H10Cl3FN2O2/c17-8-4-9(18)6-10(5-8)21-16(23)14-7-13(22-24-14)15-11(19)2-1-3-12(15)20/h1-6,14H,7H2,(H,21,23)/t14-/m0/s1. The molecule has 0 fully saturated rings. The zero-order valence-electron chi connectivity index (χ0n) is 12.0. The van der Waals surface area contributed by atoms with E-state index in [4.69, 9.17) is 39.6 Å². The number of benzene rings is 2. The van der Waals surface area contributed by atoms with Crippen molar-refractivity contribution in [3.05, 3.63) is 62.8 Å². The van der Waals surface area contributed by atoms with Gasteiger partial charge in [-0.15, -0.1) is 0 Å². The number of rotatable bonds is 3. The molecule has 0 aliphatic carbocycles. The Kier molecular flexibility index (Phi) is 4.94. The van der Waals surface area contributed by atoms with Crippen LogP contribution in [-0.4, -0.2) is 17.7 Å². The maximum atomic E-state index is 13.9. The highest BCUT2D eigenvalue weighted by atomic mass is 35.5. The van der Waals surface area contributed by atoms with E-state index in [-0.39, 0.29) is 22.7 Å². The largest absolute Gasteiger partial charge is 0.382 e. The van der Waals surface area contributed by atoms with Gasteiger partial charge in [0.1, 0.15) is 5.82 Å². The molecule has 0 saturated carbocycles. The van der Waals surface area contributed by atoms with Gasteiger partial charge in [0, 0.05) is 22.2 Å². The van der Waals surface area contributed by atoms with Crippen LogP contribution in [0.3, 0.4) is 0 Å². The second kappa shape index (κ2) is 6.97. The zero-order chi connectivity index (χ0) is 17.3. The predicted octanol–water partition coefficient (Wildman–Crippen LogP) is 4.92. The molecule has 1 aliphatic rings. The smallest absolute Gasteiger partial charge is 0.268 e. The highest BCUT2D eigenvalue weighted by Gasteiger charge is 2.31. The predicted molar refractivity (Wildman–Crippen MR) is 92.5 cm³/mol. The second-order valence-corrected chi connectivity index (χ2v) is 6.36. The molecule has 0 unspecified atom stereocenters. The first-order chi connectivity index (χ1) is 11.4. The molecule has 1 N–H and O–H groups in total. The number of hydrogen-bond donors (Lipinski definition) is 1. The van der Waals surface area contributed by atoms with Crippen LogP contribution in [0.4, 0.5) is 10.1 Å². The van der Waals surface area contributed by atoms with Gasteiger partial charge in [0.2, 0.25) is 6.10 Å². The Morgan fingerprint density at radius 2 is 1.92 bits per heavy atom. The molecule has 1 amide bonds. The van der Waals surface area contributed by atoms with E-state index in [9.17, 15) is 9.18 Å². The van der Waals surface area contributed by atoms with E-state index in [1.54, 1.807) is 24.3 Å². The van der Waals surface area contributed by atoms with Gasteiger partial charge in [-0.1, -0.05) is 46.0 Å². The SMILES string of the molecule is O=C(Nc1cc(Cl)cc(Cl)c1)[C@@H]1CC(c2c(F)cccc2Cl)=NO1. The van der Waals surface area contributed by atoms with Gasteiger partial charge in [-0.05, 0) is 30.3 Å². The van der Waals surface area contributed by atoms with Gasteiger partial charge in [0.05, 0.1) is 16.3 Å². The summed E-state index contributed by atoms with van der Waals surface area (Å²) in [6.45, 7) is 0. The maximum absolute atomic E-state index is 13.9. The van der Waals surface area contributed by atoms with Crippen LogP contribution in [0, 0.1) is 5.82 Å². The first kappa shape index (κ1) is 17.0. The monoisotopic (exact) mass is 386 g/mol. The lowest BCUT2D eigenvalue weighted by Gasteiger charge is -2.10. The molecule has 24 heavy (non-hydrogen) atoms. The summed E-state index contributed by atoms with van der Waals surface area (Å²) in [4.78, 5) is 17.4. The van der Waals surface area contributed by atoms with Crippen molar-refractivity contribution < 1.29 is 14.0 Å². The van der Waals surface area contributed by atoms with Crippen LogP contribution in [0.15, 0.2) is 41.6 Å². The third kappa shape index (κ3) is 3.64. The molecule has 2 aromatic rings. The summed E-state index contributed by atoms with van der Waals surface area (Å²) < 4.78 is 13.9. The molecule has 3 rings (SSSR count). The van der Waals surface area contributed by atoms with Gasteiger partial charge in [-0.2, -0.15) is 0 Å². The molecule has 0 spiro atoms. The molecule has 1 aliphatic heterocycles. The van der Waals surface area contributed by atoms with Crippen LogP contribution >= 0.6 is 34.8 Å². The van der Waals surface area contributed by atoms with Crippen LogP contribution < -0.4 is 5.32 Å². The molecule has 124 valence electrons. The number of hydrogen-bond acceptors (Lipinski definition) is 3. The van der Waals surface area contributed by atoms with Gasteiger partial charge in [0.15, 0.2) is 0 Å². The van der Waals surface area contributed by atoms with E-state index < -0.39 is 17.8 Å². The van der Waals surface area contributed by atoms with Crippen LogP contribution in [-0.2, 0) is 9.63 Å². The fraction of sp³-hybridized carbons (Fsp3) is 0.125. The van der Waals surface area contributed by atoms with Crippen LogP contribution in [0.5, 0.6) is 0 Å². The molecular formula is C16H10Cl3FN2O2. The van der Waals surface area contributed by atoms with E-state index in [1.807, 2.05) is 0 Å². The van der Waals surface area contributed by atoms with Crippen molar-refractivity contribution in [2.24, 2.45) is 5.16 Å². The van der Waals surface area contributed by atoms with Crippen molar-refractivity contribution >= 4 is 52.1 Å². The minimum Gasteiger partial charge on any atom is -0.382 e. The first-order valence-corrected chi connectivity index (χ1v) is 8.01. The summed E-state index contributed by atoms with van der Waals surface area (Å²) in [5.74, 6) is -0.966. The number of amides is 1. The average Bonchev–Trinajstić information content (AvgIpc) is 2.95. The van der Waals surface area contributed by atoms with E-state index in [0.29, 0.717) is 15.7 Å². The molecular weight excluding hydrogens is 378 g/mol. The van der Waals surface area contributed by atoms with Crippen LogP contribution in [0.2, 0.25) is 15.1 Å². The lowest BCUT2D eigenvalue weighted by Crippen LogP contribution is -2.28. The van der Waals surface area contributed by atoms with Gasteiger partial charge < -0.3 is 10.2 Å². The number of oxime groups is 1. The highest BCUT2D eigenvalue weighted by Crippen LogP contribution is 2.27. The Hall–Kier alpha value is -1.82. The fourth-order valence-electron chi connectivity index (χ4n) is 2.29. The minimum atomic E-state index is -0.895. The molecule has 0 saturated heterocycles. The summed E-state index contributed by atoms with van der Waals surface area (Å²) in [5, 5.41) is 7.41. The molecule has 2 aromatic carbocycles. The van der Waals surface area contributed by atoms with Crippen molar-refractivity contribution in [1.82, 2.24) is 0 Å². The molecule has 0 aromatic heterocycles. The number of anilines is 1. The number of nitrogens with zero attached hydrogens (tertiary/aromatic N) is 1. The van der Waals surface area contributed by atoms with Crippen molar-refractivity contribution in [2.45, 2.75) is 12.5 Å². The Balaban J connectivity index is 1.71. The minimum absolute atomic E-state index is 0.0980. The Bertz CT molecular complexity index is 802. The molecule has 0 bridgehead atoms. The average molecular weight is 388 g/mol. The maximum Gasteiger partial charge on any atom is 0.268 e. The molecule has 8 heteroatoms. The quantitative estimate of drug-likeness (QED) is 0.813. The summed E-state index contributed by atoms with van der Waals surface area (Å²) in [7, 11) is 0. The number of nitrogens with one attached hydrogen (secondary N) is 1. The summed E-state index contributed by atoms with van der Waals surface area (Å²) in [5.41, 5.74) is 0.848. The lowest BCUT2D eigenvalue weighted by molar-refractivity contribution is -0.125. The van der Waals surface area contributed by atoms with Gasteiger partial charge in [0.25, 0.3) is 5.91 Å². The van der Waals surface area contributed by atoms with E-state index in [1.165, 1.54) is 12.1 Å². The Morgan fingerprint density at radius 1 is 1.21 bits per heavy atom. The van der Waals surface area contributed by atoms with Crippen molar-refractivity contribution in [1.29, 1.82) is 0 Å². The highest BCUT2D eigenvalue weighted by molar-refractivity contribution is 6.35. The lowest BCUT2D eigenvalue weighted by atomic mass is 10.0. The van der Waals surface area contributed by atoms with Gasteiger partial charge in [-0.25, -0.2) is 4.39 Å². The number of carbonyl (C=O) groups excluding carboxylic acids is 1. The van der Waals surface area contributed by atoms with Crippen molar-refractivity contribution in [3.63, 3.8) is 0 Å². The van der Waals surface area contributed by atoms with Gasteiger partial charge >= 0.3 is 0 Å². The third-order valence-corrected chi connectivity index (χ3v) is 4.09. The van der Waals surface area contributed by atoms with E-state index >= 15 is 0 Å². The van der Waals surface area contributed by atoms with E-state index in [2.05, 4.69) is 10.5 Å². The van der Waals surface area contributed by atoms with E-state index in [0.717, 1.165) is 0 Å². The molecule has 0 radical (unpaired) electrons. The molecule has 4 nitrogen and oxygen atoms in total. The molecule has 1 heterocycles. The molecule has 1 atom stereocenters. The summed E-state index contributed by atoms with van der Waals surface area (Å²) >= 11 is 17.8. The fourth-order valence-corrected chi connectivity index (χ4v) is 3.09. The Labute approximate surface area is 152 Å². The van der Waals surface area contributed by atoms with Gasteiger partial charge in [-0.3, -0.25) is 4.79 Å². The zero-order valence-corrected chi connectivity index (χ0v) is 14.3. The first-order valence-electron chi connectivity index (χ1n) is 6.88. The number of halogens is 4. The topological polar surface area (TPSA) is 50.7 Å². The normalized spacial score (nSPS) is 16.5. The van der Waals surface area contributed by atoms with Crippen LogP contribution in [0.25, 0.3) is 0 Å².